The van der Waals surface area contributed by atoms with Gasteiger partial charge in [0.05, 0.1) is 11.8 Å². The Bertz CT molecular complexity index is 530. The highest BCUT2D eigenvalue weighted by Gasteiger charge is 2.35. The van der Waals surface area contributed by atoms with E-state index in [1.54, 1.807) is 30.3 Å². The van der Waals surface area contributed by atoms with Crippen molar-refractivity contribution in [3.63, 3.8) is 0 Å². The van der Waals surface area contributed by atoms with Gasteiger partial charge in [-0.1, -0.05) is 31.0 Å². The van der Waals surface area contributed by atoms with Crippen LogP contribution in [0.1, 0.15) is 36.0 Å². The molecule has 0 heterocycles. The van der Waals surface area contributed by atoms with Gasteiger partial charge in [0.15, 0.2) is 0 Å². The van der Waals surface area contributed by atoms with Gasteiger partial charge in [-0.15, -0.1) is 0 Å². The van der Waals surface area contributed by atoms with Gasteiger partial charge >= 0.3 is 5.97 Å². The maximum absolute atomic E-state index is 12.1. The van der Waals surface area contributed by atoms with Gasteiger partial charge in [-0.2, -0.15) is 0 Å². The average molecular weight is 290 g/mol. The molecule has 6 nitrogen and oxygen atoms in total. The summed E-state index contributed by atoms with van der Waals surface area (Å²) in [7, 11) is 0. The van der Waals surface area contributed by atoms with Gasteiger partial charge in [0, 0.05) is 5.56 Å². The molecule has 0 radical (unpaired) electrons. The van der Waals surface area contributed by atoms with E-state index in [0.29, 0.717) is 18.4 Å². The summed E-state index contributed by atoms with van der Waals surface area (Å²) < 4.78 is 0. The third-order valence-corrected chi connectivity index (χ3v) is 3.76. The lowest BCUT2D eigenvalue weighted by Crippen LogP contribution is -2.47. The molecule has 2 rings (SSSR count). The Kier molecular flexibility index (Phi) is 4.92. The van der Waals surface area contributed by atoms with Gasteiger partial charge in [0.2, 0.25) is 5.91 Å². The lowest BCUT2D eigenvalue weighted by Gasteiger charge is -2.27. The van der Waals surface area contributed by atoms with Crippen molar-refractivity contribution >= 4 is 17.8 Å². The van der Waals surface area contributed by atoms with E-state index >= 15 is 0 Å². The Morgan fingerprint density at radius 2 is 1.57 bits per heavy atom. The fourth-order valence-corrected chi connectivity index (χ4v) is 2.61. The first-order valence-corrected chi connectivity index (χ1v) is 6.97. The quantitative estimate of drug-likeness (QED) is 0.732. The SMILES string of the molecule is O=C(NNC(=O)[C@H]1CCCC[C@@H]1C(=O)O)c1ccccc1. The third-order valence-electron chi connectivity index (χ3n) is 3.76. The van der Waals surface area contributed by atoms with E-state index in [1.165, 1.54) is 0 Å². The largest absolute Gasteiger partial charge is 0.481 e. The van der Waals surface area contributed by atoms with E-state index in [0.717, 1.165) is 12.8 Å². The molecule has 112 valence electrons. The Morgan fingerprint density at radius 3 is 2.19 bits per heavy atom. The molecule has 1 aliphatic rings. The molecule has 0 saturated heterocycles. The van der Waals surface area contributed by atoms with Gasteiger partial charge in [-0.25, -0.2) is 0 Å². The molecule has 0 spiro atoms. The van der Waals surface area contributed by atoms with Crippen LogP contribution >= 0.6 is 0 Å². The molecule has 1 aliphatic carbocycles. The van der Waals surface area contributed by atoms with Crippen molar-refractivity contribution < 1.29 is 19.5 Å². The summed E-state index contributed by atoms with van der Waals surface area (Å²) in [6.07, 6.45) is 2.68. The second-order valence-corrected chi connectivity index (χ2v) is 5.15. The van der Waals surface area contributed by atoms with Gasteiger partial charge in [-0.05, 0) is 25.0 Å². The molecule has 0 bridgehead atoms. The first-order valence-electron chi connectivity index (χ1n) is 6.97. The molecule has 2 amide bonds. The van der Waals surface area contributed by atoms with Crippen LogP contribution in [0.15, 0.2) is 30.3 Å². The van der Waals surface area contributed by atoms with Crippen molar-refractivity contribution in [2.45, 2.75) is 25.7 Å². The van der Waals surface area contributed by atoms with Crippen LogP contribution < -0.4 is 10.9 Å². The van der Waals surface area contributed by atoms with Gasteiger partial charge < -0.3 is 5.11 Å². The highest BCUT2D eigenvalue weighted by molar-refractivity contribution is 5.95. The highest BCUT2D eigenvalue weighted by atomic mass is 16.4. The third kappa shape index (κ3) is 3.81. The zero-order chi connectivity index (χ0) is 15.2. The minimum absolute atomic E-state index is 0.424. The first-order chi connectivity index (χ1) is 10.1. The Balaban J connectivity index is 1.92. The van der Waals surface area contributed by atoms with Gasteiger partial charge in [-0.3, -0.25) is 25.2 Å². The number of aliphatic carboxylic acids is 1. The van der Waals surface area contributed by atoms with Crippen LogP contribution in [0.2, 0.25) is 0 Å². The molecule has 1 aromatic rings. The number of amides is 2. The molecule has 0 unspecified atom stereocenters. The van der Waals surface area contributed by atoms with E-state index in [-0.39, 0.29) is 0 Å². The van der Waals surface area contributed by atoms with Crippen LogP contribution in [-0.2, 0) is 9.59 Å². The Hall–Kier alpha value is -2.37. The molecule has 3 N–H and O–H groups in total. The van der Waals surface area contributed by atoms with Crippen molar-refractivity contribution in [3.8, 4) is 0 Å². The van der Waals surface area contributed by atoms with Crippen LogP contribution in [0.4, 0.5) is 0 Å². The number of carbonyl (C=O) groups is 3. The molecule has 1 fully saturated rings. The fourth-order valence-electron chi connectivity index (χ4n) is 2.61. The number of carboxylic acids is 1. The minimum Gasteiger partial charge on any atom is -0.481 e. The molecule has 0 aromatic heterocycles. The number of benzene rings is 1. The summed E-state index contributed by atoms with van der Waals surface area (Å²) in [5, 5.41) is 9.15. The molecule has 0 aliphatic heterocycles. The summed E-state index contributed by atoms with van der Waals surface area (Å²) in [5.41, 5.74) is 5.08. The fraction of sp³-hybridized carbons (Fsp3) is 0.400. The lowest BCUT2D eigenvalue weighted by atomic mass is 9.79. The second-order valence-electron chi connectivity index (χ2n) is 5.15. The van der Waals surface area contributed by atoms with E-state index in [9.17, 15) is 14.4 Å². The average Bonchev–Trinajstić information content (AvgIpc) is 2.53. The van der Waals surface area contributed by atoms with Crippen molar-refractivity contribution in [1.82, 2.24) is 10.9 Å². The number of carboxylic acid groups (broad SMARTS) is 1. The van der Waals surface area contributed by atoms with E-state index in [1.807, 2.05) is 0 Å². The molecule has 1 aromatic carbocycles. The number of nitrogens with one attached hydrogen (secondary N) is 2. The van der Waals surface area contributed by atoms with E-state index < -0.39 is 29.6 Å². The first kappa shape index (κ1) is 15.0. The smallest absolute Gasteiger partial charge is 0.307 e. The molecular formula is C15H18N2O4. The van der Waals surface area contributed by atoms with E-state index in [2.05, 4.69) is 10.9 Å². The molecule has 21 heavy (non-hydrogen) atoms. The number of hydrogen-bond acceptors (Lipinski definition) is 3. The predicted octanol–water partition coefficient (Wildman–Crippen LogP) is 1.34. The highest BCUT2D eigenvalue weighted by Crippen LogP contribution is 2.30. The zero-order valence-electron chi connectivity index (χ0n) is 11.5. The molecular weight excluding hydrogens is 272 g/mol. The summed E-state index contributed by atoms with van der Waals surface area (Å²) in [6, 6.07) is 8.48. The summed E-state index contributed by atoms with van der Waals surface area (Å²) >= 11 is 0. The molecule has 6 heteroatoms. The maximum Gasteiger partial charge on any atom is 0.307 e. The van der Waals surface area contributed by atoms with Crippen molar-refractivity contribution in [3.05, 3.63) is 35.9 Å². The summed E-state index contributed by atoms with van der Waals surface area (Å²) in [5.74, 6) is -3.08. The predicted molar refractivity (Wildman–Crippen MR) is 75.1 cm³/mol. The van der Waals surface area contributed by atoms with Crippen LogP contribution in [0, 0.1) is 11.8 Å². The second kappa shape index (κ2) is 6.88. The van der Waals surface area contributed by atoms with Crippen molar-refractivity contribution in [2.24, 2.45) is 11.8 Å². The van der Waals surface area contributed by atoms with Crippen molar-refractivity contribution in [2.75, 3.05) is 0 Å². The lowest BCUT2D eigenvalue weighted by molar-refractivity contribution is -0.149. The Labute approximate surface area is 122 Å². The van der Waals surface area contributed by atoms with Crippen LogP contribution in [0.5, 0.6) is 0 Å². The van der Waals surface area contributed by atoms with E-state index in [4.69, 9.17) is 5.11 Å². The number of hydrazine groups is 1. The normalized spacial score (nSPS) is 21.3. The zero-order valence-corrected chi connectivity index (χ0v) is 11.5. The topological polar surface area (TPSA) is 95.5 Å². The summed E-state index contributed by atoms with van der Waals surface area (Å²) in [6.45, 7) is 0. The van der Waals surface area contributed by atoms with Gasteiger partial charge in [0.1, 0.15) is 0 Å². The van der Waals surface area contributed by atoms with Crippen LogP contribution in [-0.4, -0.2) is 22.9 Å². The van der Waals surface area contributed by atoms with Crippen LogP contribution in [0.25, 0.3) is 0 Å². The number of hydrogen-bond donors (Lipinski definition) is 3. The monoisotopic (exact) mass is 290 g/mol. The maximum atomic E-state index is 12.1. The molecule has 2 atom stereocenters. The standard InChI is InChI=1S/C15H18N2O4/c18-13(10-6-2-1-3-7-10)16-17-14(19)11-8-4-5-9-12(11)15(20)21/h1-3,6-7,11-12H,4-5,8-9H2,(H,16,18)(H,17,19)(H,20,21)/t11-,12-/m0/s1. The number of rotatable bonds is 3. The van der Waals surface area contributed by atoms with Gasteiger partial charge in [0.25, 0.3) is 5.91 Å². The number of carbonyl (C=O) groups excluding carboxylic acids is 2. The minimum atomic E-state index is -0.954. The van der Waals surface area contributed by atoms with Crippen molar-refractivity contribution in [1.29, 1.82) is 0 Å². The summed E-state index contributed by atoms with van der Waals surface area (Å²) in [4.78, 5) is 35.0. The van der Waals surface area contributed by atoms with Crippen LogP contribution in [0.3, 0.4) is 0 Å². The Morgan fingerprint density at radius 1 is 0.952 bits per heavy atom. The molecule has 1 saturated carbocycles.